The van der Waals surface area contributed by atoms with Crippen LogP contribution in [0.3, 0.4) is 0 Å². The van der Waals surface area contributed by atoms with E-state index in [0.717, 1.165) is 10.9 Å². The third-order valence-electron chi connectivity index (χ3n) is 3.73. The van der Waals surface area contributed by atoms with Gasteiger partial charge in [-0.15, -0.1) is 0 Å². The molecule has 2 amide bonds. The summed E-state index contributed by atoms with van der Waals surface area (Å²) in [6.07, 6.45) is -0.286. The van der Waals surface area contributed by atoms with E-state index in [1.807, 2.05) is 36.4 Å². The minimum absolute atomic E-state index is 0.137. The van der Waals surface area contributed by atoms with E-state index in [-0.39, 0.29) is 19.1 Å². The molecule has 130 valence electrons. The van der Waals surface area contributed by atoms with Gasteiger partial charge < -0.3 is 20.3 Å². The second-order valence-electron chi connectivity index (χ2n) is 5.68. The summed E-state index contributed by atoms with van der Waals surface area (Å²) in [4.78, 5) is 11.9. The molecule has 1 unspecified atom stereocenters. The molecule has 1 atom stereocenters. The highest BCUT2D eigenvalue weighted by Crippen LogP contribution is 2.17. The van der Waals surface area contributed by atoms with Crippen LogP contribution in [0.15, 0.2) is 53.1 Å². The number of hydrogen-bond donors (Lipinski definition) is 3. The first-order valence-electron chi connectivity index (χ1n) is 7.89. The number of nitrogens with one attached hydrogen (secondary N) is 2. The van der Waals surface area contributed by atoms with Gasteiger partial charge in [0.1, 0.15) is 5.69 Å². The number of carbonyl (C=O) groups excluding carboxylic acids is 1. The van der Waals surface area contributed by atoms with Gasteiger partial charge in [0.2, 0.25) is 0 Å². The molecule has 0 radical (unpaired) electrons. The second kappa shape index (κ2) is 8.00. The van der Waals surface area contributed by atoms with E-state index in [0.29, 0.717) is 22.7 Å². The Bertz CT molecular complexity index is 865. The van der Waals surface area contributed by atoms with Gasteiger partial charge in [0.05, 0.1) is 12.6 Å². The lowest BCUT2D eigenvalue weighted by molar-refractivity contribution is 0.170. The number of amides is 2. The number of urea groups is 1. The molecule has 0 spiro atoms. The predicted molar refractivity (Wildman–Crippen MR) is 95.4 cm³/mol. The largest absolute Gasteiger partial charge is 0.391 e. The van der Waals surface area contributed by atoms with E-state index in [1.54, 1.807) is 12.1 Å². The number of aliphatic hydroxyl groups is 1. The Kier molecular flexibility index (Phi) is 5.53. The Balaban J connectivity index is 1.45. The van der Waals surface area contributed by atoms with E-state index in [9.17, 15) is 9.90 Å². The van der Waals surface area contributed by atoms with Crippen molar-refractivity contribution in [2.24, 2.45) is 0 Å². The van der Waals surface area contributed by atoms with Crippen LogP contribution in [0.25, 0.3) is 11.0 Å². The average molecular weight is 360 g/mol. The summed E-state index contributed by atoms with van der Waals surface area (Å²) in [5, 5.41) is 20.8. The molecule has 0 aliphatic carbocycles. The molecule has 7 heteroatoms. The third kappa shape index (κ3) is 4.71. The number of nitrogens with zero attached hydrogens (tertiary/aromatic N) is 1. The molecule has 0 saturated carbocycles. The lowest BCUT2D eigenvalue weighted by atomic mass is 10.1. The fourth-order valence-corrected chi connectivity index (χ4v) is 2.72. The zero-order chi connectivity index (χ0) is 17.6. The molecule has 25 heavy (non-hydrogen) atoms. The Morgan fingerprint density at radius 3 is 2.88 bits per heavy atom. The number of carbonyl (C=O) groups is 1. The van der Waals surface area contributed by atoms with Crippen molar-refractivity contribution in [1.29, 1.82) is 0 Å². The zero-order valence-corrected chi connectivity index (χ0v) is 14.2. The first kappa shape index (κ1) is 17.3. The number of aliphatic hydroxyl groups excluding tert-OH is 1. The van der Waals surface area contributed by atoms with Gasteiger partial charge in [0.25, 0.3) is 0 Å². The van der Waals surface area contributed by atoms with Crippen molar-refractivity contribution in [3.8, 4) is 0 Å². The highest BCUT2D eigenvalue weighted by Gasteiger charge is 2.11. The maximum absolute atomic E-state index is 11.9. The fraction of sp³-hybridized carbons (Fsp3) is 0.222. The Labute approximate surface area is 149 Å². The van der Waals surface area contributed by atoms with Crippen molar-refractivity contribution < 1.29 is 14.4 Å². The summed E-state index contributed by atoms with van der Waals surface area (Å²) >= 11 is 5.91. The number of aromatic nitrogens is 1. The minimum atomic E-state index is -0.697. The van der Waals surface area contributed by atoms with Crippen molar-refractivity contribution in [3.63, 3.8) is 0 Å². The smallest absolute Gasteiger partial charge is 0.315 e. The van der Waals surface area contributed by atoms with Crippen molar-refractivity contribution in [2.45, 2.75) is 19.1 Å². The summed E-state index contributed by atoms with van der Waals surface area (Å²) < 4.78 is 5.18. The number of fused-ring (bicyclic) bond motifs is 1. The van der Waals surface area contributed by atoms with E-state index in [1.165, 1.54) is 0 Å². The molecule has 0 fully saturated rings. The molecule has 1 heterocycles. The highest BCUT2D eigenvalue weighted by atomic mass is 35.5. The van der Waals surface area contributed by atoms with Gasteiger partial charge in [-0.05, 0) is 29.8 Å². The number of halogens is 1. The molecule has 3 rings (SSSR count). The lowest BCUT2D eigenvalue weighted by Gasteiger charge is -2.12. The summed E-state index contributed by atoms with van der Waals surface area (Å²) in [5.41, 5.74) is 2.25. The summed E-state index contributed by atoms with van der Waals surface area (Å²) in [6, 6.07) is 14.3. The van der Waals surface area contributed by atoms with Crippen molar-refractivity contribution in [3.05, 3.63) is 64.8 Å². The Morgan fingerprint density at radius 2 is 2.04 bits per heavy atom. The molecule has 3 aromatic rings. The van der Waals surface area contributed by atoms with E-state index in [2.05, 4.69) is 15.8 Å². The molecular formula is C18H18ClN3O3. The molecule has 0 aliphatic rings. The Morgan fingerprint density at radius 1 is 1.20 bits per heavy atom. The van der Waals surface area contributed by atoms with Crippen LogP contribution in [0.4, 0.5) is 4.79 Å². The van der Waals surface area contributed by atoms with Crippen LogP contribution in [-0.2, 0) is 13.0 Å². The van der Waals surface area contributed by atoms with Gasteiger partial charge >= 0.3 is 6.03 Å². The maximum Gasteiger partial charge on any atom is 0.315 e. The lowest BCUT2D eigenvalue weighted by Crippen LogP contribution is -2.40. The molecular weight excluding hydrogens is 342 g/mol. The highest BCUT2D eigenvalue weighted by molar-refractivity contribution is 6.30. The number of benzene rings is 2. The van der Waals surface area contributed by atoms with Gasteiger partial charge in [-0.3, -0.25) is 0 Å². The SMILES string of the molecule is O=C(NCc1noc2ccccc12)NCC(O)Cc1cccc(Cl)c1. The van der Waals surface area contributed by atoms with Gasteiger partial charge in [-0.25, -0.2) is 4.79 Å². The van der Waals surface area contributed by atoms with Crippen LogP contribution in [0.2, 0.25) is 5.02 Å². The first-order valence-corrected chi connectivity index (χ1v) is 8.27. The Hall–Kier alpha value is -2.57. The van der Waals surface area contributed by atoms with Crippen LogP contribution in [0, 0.1) is 0 Å². The van der Waals surface area contributed by atoms with E-state index < -0.39 is 6.10 Å². The standard InChI is InChI=1S/C18H18ClN3O3/c19-13-5-3-4-12(8-13)9-14(23)10-20-18(24)21-11-16-15-6-1-2-7-17(15)25-22-16/h1-8,14,23H,9-11H2,(H2,20,21,24). The number of para-hydroxylation sites is 1. The van der Waals surface area contributed by atoms with Gasteiger partial charge in [-0.2, -0.15) is 0 Å². The average Bonchev–Trinajstić information content (AvgIpc) is 3.01. The summed E-state index contributed by atoms with van der Waals surface area (Å²) in [5.74, 6) is 0. The molecule has 0 aliphatic heterocycles. The molecule has 2 aromatic carbocycles. The number of rotatable bonds is 6. The molecule has 0 saturated heterocycles. The van der Waals surface area contributed by atoms with Crippen LogP contribution < -0.4 is 10.6 Å². The van der Waals surface area contributed by atoms with Crippen LogP contribution in [0.5, 0.6) is 0 Å². The third-order valence-corrected chi connectivity index (χ3v) is 3.96. The van der Waals surface area contributed by atoms with Gasteiger partial charge in [-0.1, -0.05) is 41.0 Å². The van der Waals surface area contributed by atoms with E-state index >= 15 is 0 Å². The van der Waals surface area contributed by atoms with Gasteiger partial charge in [0.15, 0.2) is 5.58 Å². The zero-order valence-electron chi connectivity index (χ0n) is 13.4. The predicted octanol–water partition coefficient (Wildman–Crippen LogP) is 2.88. The van der Waals surface area contributed by atoms with Crippen molar-refractivity contribution >= 4 is 28.6 Å². The topological polar surface area (TPSA) is 87.4 Å². The van der Waals surface area contributed by atoms with Crippen molar-refractivity contribution in [1.82, 2.24) is 15.8 Å². The van der Waals surface area contributed by atoms with Gasteiger partial charge in [0, 0.05) is 23.4 Å². The van der Waals surface area contributed by atoms with Crippen LogP contribution in [-0.4, -0.2) is 28.9 Å². The fourth-order valence-electron chi connectivity index (χ4n) is 2.51. The maximum atomic E-state index is 11.9. The van der Waals surface area contributed by atoms with Crippen LogP contribution >= 0.6 is 11.6 Å². The van der Waals surface area contributed by atoms with Crippen molar-refractivity contribution in [2.75, 3.05) is 6.54 Å². The molecule has 6 nitrogen and oxygen atoms in total. The quantitative estimate of drug-likeness (QED) is 0.631. The summed E-state index contributed by atoms with van der Waals surface area (Å²) in [6.45, 7) is 0.380. The molecule has 3 N–H and O–H groups in total. The molecule has 0 bridgehead atoms. The summed E-state index contributed by atoms with van der Waals surface area (Å²) in [7, 11) is 0. The first-order chi connectivity index (χ1) is 12.1. The monoisotopic (exact) mass is 359 g/mol. The minimum Gasteiger partial charge on any atom is -0.391 e. The number of hydrogen-bond acceptors (Lipinski definition) is 4. The molecule has 1 aromatic heterocycles. The second-order valence-corrected chi connectivity index (χ2v) is 6.11. The normalized spacial score (nSPS) is 12.1. The van der Waals surface area contributed by atoms with Crippen LogP contribution in [0.1, 0.15) is 11.3 Å². The van der Waals surface area contributed by atoms with E-state index in [4.69, 9.17) is 16.1 Å².